The summed E-state index contributed by atoms with van der Waals surface area (Å²) in [6.45, 7) is 8.08. The second-order valence-electron chi connectivity index (χ2n) is 4.63. The van der Waals surface area contributed by atoms with Crippen LogP contribution in [0.3, 0.4) is 0 Å². The van der Waals surface area contributed by atoms with Crippen LogP contribution >= 0.6 is 0 Å². The minimum absolute atomic E-state index is 0.189. The Balaban J connectivity index is 2.87. The van der Waals surface area contributed by atoms with Crippen LogP contribution in [0.1, 0.15) is 33.3 Å². The van der Waals surface area contributed by atoms with Crippen molar-refractivity contribution in [3.63, 3.8) is 0 Å². The first kappa shape index (κ1) is 14.2. The van der Waals surface area contributed by atoms with E-state index in [-0.39, 0.29) is 17.9 Å². The number of rotatable bonds is 2. The molecule has 1 N–H and O–H groups in total. The Morgan fingerprint density at radius 3 is 2.28 bits per heavy atom. The van der Waals surface area contributed by atoms with Gasteiger partial charge in [-0.3, -0.25) is 4.99 Å². The molecule has 0 unspecified atom stereocenters. The first-order chi connectivity index (χ1) is 8.47. The molecule has 0 amide bonds. The Morgan fingerprint density at radius 2 is 1.78 bits per heavy atom. The molecule has 0 spiro atoms. The van der Waals surface area contributed by atoms with E-state index in [0.717, 1.165) is 5.56 Å². The van der Waals surface area contributed by atoms with Crippen molar-refractivity contribution in [2.45, 2.75) is 39.8 Å². The fourth-order valence-corrected chi connectivity index (χ4v) is 1.30. The maximum absolute atomic E-state index is 12.7. The van der Waals surface area contributed by atoms with E-state index < -0.39 is 0 Å². The Kier molecular flexibility index (Phi) is 5.38. The third kappa shape index (κ3) is 5.49. The van der Waals surface area contributed by atoms with Crippen molar-refractivity contribution < 1.29 is 4.39 Å². The lowest BCUT2D eigenvalue weighted by molar-refractivity contribution is 0.627. The van der Waals surface area contributed by atoms with E-state index in [1.165, 1.54) is 12.1 Å². The zero-order chi connectivity index (χ0) is 13.5. The number of nitrogens with one attached hydrogen (secondary N) is 1. The third-order valence-corrected chi connectivity index (χ3v) is 1.98. The second kappa shape index (κ2) is 6.80. The minimum atomic E-state index is -0.253. The van der Waals surface area contributed by atoms with Gasteiger partial charge in [0.1, 0.15) is 5.82 Å². The number of halogens is 1. The van der Waals surface area contributed by atoms with Crippen LogP contribution in [0.2, 0.25) is 0 Å². The number of hydrogen-bond donors (Lipinski definition) is 1. The fourth-order valence-electron chi connectivity index (χ4n) is 1.30. The summed E-state index contributed by atoms with van der Waals surface area (Å²) in [5.41, 5.74) is 0.776. The van der Waals surface area contributed by atoms with Gasteiger partial charge in [-0.1, -0.05) is 5.92 Å². The van der Waals surface area contributed by atoms with Gasteiger partial charge in [0.05, 0.1) is 0 Å². The van der Waals surface area contributed by atoms with E-state index in [1.807, 2.05) is 27.7 Å². The topological polar surface area (TPSA) is 24.4 Å². The van der Waals surface area contributed by atoms with Crippen LogP contribution in [0, 0.1) is 17.7 Å². The fraction of sp³-hybridized carbons (Fsp3) is 0.400. The average molecular weight is 246 g/mol. The Labute approximate surface area is 108 Å². The molecule has 0 bridgehead atoms. The zero-order valence-corrected chi connectivity index (χ0v) is 11.3. The largest absolute Gasteiger partial charge is 0.361 e. The first-order valence-corrected chi connectivity index (χ1v) is 6.09. The molecule has 0 aliphatic carbocycles. The summed E-state index contributed by atoms with van der Waals surface area (Å²) < 4.78 is 12.7. The highest BCUT2D eigenvalue weighted by Crippen LogP contribution is 2.00. The Bertz CT molecular complexity index is 462. The van der Waals surface area contributed by atoms with Gasteiger partial charge in [0.2, 0.25) is 0 Å². The summed E-state index contributed by atoms with van der Waals surface area (Å²) >= 11 is 0. The van der Waals surface area contributed by atoms with Crippen LogP contribution in [0.15, 0.2) is 29.3 Å². The molecule has 0 fully saturated rings. The predicted octanol–water partition coefficient (Wildman–Crippen LogP) is 2.98. The average Bonchev–Trinajstić information content (AvgIpc) is 2.26. The van der Waals surface area contributed by atoms with E-state index in [2.05, 4.69) is 22.2 Å². The van der Waals surface area contributed by atoms with Crippen molar-refractivity contribution >= 4 is 5.84 Å². The molecule has 0 aliphatic heterocycles. The lowest BCUT2D eigenvalue weighted by atomic mass is 10.2. The summed E-state index contributed by atoms with van der Waals surface area (Å²) in [7, 11) is 0. The van der Waals surface area contributed by atoms with E-state index in [1.54, 1.807) is 12.1 Å². The van der Waals surface area contributed by atoms with Crippen molar-refractivity contribution in [2.24, 2.45) is 4.99 Å². The molecule has 0 aromatic heterocycles. The molecule has 1 aromatic carbocycles. The second-order valence-corrected chi connectivity index (χ2v) is 4.63. The monoisotopic (exact) mass is 246 g/mol. The SMILES string of the molecule is CC(C)N=C(C#Cc1ccc(F)cc1)NC(C)C. The van der Waals surface area contributed by atoms with Gasteiger partial charge in [-0.15, -0.1) is 0 Å². The highest BCUT2D eigenvalue weighted by molar-refractivity contribution is 5.99. The predicted molar refractivity (Wildman–Crippen MR) is 74.1 cm³/mol. The van der Waals surface area contributed by atoms with Gasteiger partial charge in [0, 0.05) is 17.6 Å². The first-order valence-electron chi connectivity index (χ1n) is 6.09. The zero-order valence-electron chi connectivity index (χ0n) is 11.3. The van der Waals surface area contributed by atoms with E-state index in [4.69, 9.17) is 0 Å². The molecule has 1 aromatic rings. The van der Waals surface area contributed by atoms with Crippen molar-refractivity contribution in [1.29, 1.82) is 0 Å². The number of aliphatic imine (C=N–C) groups is 1. The van der Waals surface area contributed by atoms with E-state index in [0.29, 0.717) is 5.84 Å². The van der Waals surface area contributed by atoms with Crippen LogP contribution in [-0.2, 0) is 0 Å². The molecule has 18 heavy (non-hydrogen) atoms. The molecule has 0 aliphatic rings. The smallest absolute Gasteiger partial charge is 0.174 e. The maximum atomic E-state index is 12.7. The Morgan fingerprint density at radius 1 is 1.17 bits per heavy atom. The lowest BCUT2D eigenvalue weighted by Gasteiger charge is -2.09. The van der Waals surface area contributed by atoms with Gasteiger partial charge in [0.15, 0.2) is 5.84 Å². The number of nitrogens with zero attached hydrogens (tertiary/aromatic N) is 1. The normalized spacial score (nSPS) is 11.4. The standard InChI is InChI=1S/C15H19FN2/c1-11(2)17-15(18-12(3)4)10-7-13-5-8-14(16)9-6-13/h5-6,8-9,11-12H,1-4H3,(H,17,18). The van der Waals surface area contributed by atoms with Gasteiger partial charge < -0.3 is 5.32 Å². The summed E-state index contributed by atoms with van der Waals surface area (Å²) in [6.07, 6.45) is 0. The molecule has 0 saturated heterocycles. The molecule has 0 radical (unpaired) electrons. The van der Waals surface area contributed by atoms with Crippen molar-refractivity contribution in [3.05, 3.63) is 35.6 Å². The van der Waals surface area contributed by atoms with Gasteiger partial charge in [0.25, 0.3) is 0 Å². The van der Waals surface area contributed by atoms with E-state index in [9.17, 15) is 4.39 Å². The molecule has 3 heteroatoms. The molecule has 96 valence electrons. The highest BCUT2D eigenvalue weighted by atomic mass is 19.1. The van der Waals surface area contributed by atoms with Crippen LogP contribution in [0.5, 0.6) is 0 Å². The molecule has 0 saturated carbocycles. The number of benzene rings is 1. The summed E-state index contributed by atoms with van der Waals surface area (Å²) in [5.74, 6) is 6.38. The van der Waals surface area contributed by atoms with Crippen molar-refractivity contribution in [1.82, 2.24) is 5.32 Å². The molecular weight excluding hydrogens is 227 g/mol. The third-order valence-electron chi connectivity index (χ3n) is 1.98. The summed E-state index contributed by atoms with van der Waals surface area (Å²) in [4.78, 5) is 4.41. The van der Waals surface area contributed by atoms with Crippen LogP contribution in [-0.4, -0.2) is 17.9 Å². The molecule has 0 heterocycles. The van der Waals surface area contributed by atoms with Crippen LogP contribution in [0.4, 0.5) is 4.39 Å². The van der Waals surface area contributed by atoms with Crippen LogP contribution in [0.25, 0.3) is 0 Å². The Hall–Kier alpha value is -1.82. The van der Waals surface area contributed by atoms with Gasteiger partial charge in [-0.2, -0.15) is 0 Å². The summed E-state index contributed by atoms with van der Waals surface area (Å²) in [6, 6.07) is 6.59. The molecule has 1 rings (SSSR count). The number of hydrogen-bond acceptors (Lipinski definition) is 1. The highest BCUT2D eigenvalue weighted by Gasteiger charge is 1.98. The lowest BCUT2D eigenvalue weighted by Crippen LogP contribution is -2.30. The van der Waals surface area contributed by atoms with E-state index >= 15 is 0 Å². The van der Waals surface area contributed by atoms with Gasteiger partial charge in [-0.25, -0.2) is 4.39 Å². The quantitative estimate of drug-likeness (QED) is 0.484. The molecular formula is C15H19FN2. The van der Waals surface area contributed by atoms with Crippen molar-refractivity contribution in [3.8, 4) is 11.8 Å². The maximum Gasteiger partial charge on any atom is 0.174 e. The minimum Gasteiger partial charge on any atom is -0.361 e. The van der Waals surface area contributed by atoms with Gasteiger partial charge >= 0.3 is 0 Å². The van der Waals surface area contributed by atoms with Crippen molar-refractivity contribution in [2.75, 3.05) is 0 Å². The van der Waals surface area contributed by atoms with Gasteiger partial charge in [-0.05, 0) is 57.9 Å². The van der Waals surface area contributed by atoms with Crippen LogP contribution < -0.4 is 5.32 Å². The molecule has 2 nitrogen and oxygen atoms in total. The summed E-state index contributed by atoms with van der Waals surface area (Å²) in [5, 5.41) is 3.20. The molecule has 0 atom stereocenters. The number of amidine groups is 1.